The second kappa shape index (κ2) is 11.4. The molecule has 0 aliphatic carbocycles. The molecule has 0 fully saturated rings. The Bertz CT molecular complexity index is 743. The van der Waals surface area contributed by atoms with Gasteiger partial charge in [-0.2, -0.15) is 5.10 Å². The van der Waals surface area contributed by atoms with E-state index in [1.165, 1.54) is 12.8 Å². The van der Waals surface area contributed by atoms with Gasteiger partial charge in [0.25, 0.3) is 0 Å². The van der Waals surface area contributed by atoms with Crippen molar-refractivity contribution in [2.24, 2.45) is 4.99 Å². The summed E-state index contributed by atoms with van der Waals surface area (Å²) in [6.07, 6.45) is 7.25. The Kier molecular flexibility index (Phi) is 8.83. The van der Waals surface area contributed by atoms with Crippen LogP contribution in [-0.4, -0.2) is 28.0 Å². The minimum atomic E-state index is 0.486. The first kappa shape index (κ1) is 20.1. The normalized spacial score (nSPS) is 11.4. The lowest BCUT2D eigenvalue weighted by atomic mass is 10.2. The van der Waals surface area contributed by atoms with Crippen LogP contribution in [0.25, 0.3) is 5.69 Å². The van der Waals surface area contributed by atoms with E-state index in [4.69, 9.17) is 17.0 Å². The molecule has 1 heterocycles. The van der Waals surface area contributed by atoms with Gasteiger partial charge in [-0.3, -0.25) is 0 Å². The Labute approximate surface area is 161 Å². The Morgan fingerprint density at radius 2 is 1.92 bits per heavy atom. The summed E-state index contributed by atoms with van der Waals surface area (Å²) < 4.78 is 7.73. The zero-order chi connectivity index (χ0) is 18.6. The summed E-state index contributed by atoms with van der Waals surface area (Å²) >= 11 is 5.31. The second-order valence-corrected chi connectivity index (χ2v) is 6.44. The van der Waals surface area contributed by atoms with E-state index in [2.05, 4.69) is 29.3 Å². The summed E-state index contributed by atoms with van der Waals surface area (Å²) in [5, 5.41) is 8.85. The van der Waals surface area contributed by atoms with Crippen molar-refractivity contribution >= 4 is 17.3 Å². The minimum Gasteiger partial charge on any atom is -0.478 e. The van der Waals surface area contributed by atoms with Gasteiger partial charge >= 0.3 is 0 Å². The van der Waals surface area contributed by atoms with Crippen LogP contribution in [0.4, 0.5) is 0 Å². The van der Waals surface area contributed by atoms with E-state index in [9.17, 15) is 0 Å². The van der Waals surface area contributed by atoms with E-state index >= 15 is 0 Å². The van der Waals surface area contributed by atoms with Crippen LogP contribution < -0.4 is 15.4 Å². The molecule has 0 aliphatic heterocycles. The zero-order valence-corrected chi connectivity index (χ0v) is 16.5. The molecule has 0 aliphatic rings. The third-order valence-corrected chi connectivity index (χ3v) is 4.06. The predicted octanol–water partition coefficient (Wildman–Crippen LogP) is 4.02. The van der Waals surface area contributed by atoms with Crippen LogP contribution in [0.3, 0.4) is 0 Å². The van der Waals surface area contributed by atoms with E-state index < -0.39 is 0 Å². The Morgan fingerprint density at radius 1 is 1.15 bits per heavy atom. The van der Waals surface area contributed by atoms with Crippen LogP contribution in [-0.2, 0) is 0 Å². The number of thiocarbonyl (C=S) groups is 1. The average molecular weight is 373 g/mol. The number of para-hydroxylation sites is 1. The SMILES string of the molecule is CCCCCNC(=S)N=c1cnn(-c2ccccc2)c(OCCCC)c1. The van der Waals surface area contributed by atoms with E-state index in [1.807, 2.05) is 36.4 Å². The van der Waals surface area contributed by atoms with Crippen LogP contribution >= 0.6 is 12.2 Å². The first-order valence-electron chi connectivity index (χ1n) is 9.34. The summed E-state index contributed by atoms with van der Waals surface area (Å²) in [7, 11) is 0. The smallest absolute Gasteiger partial charge is 0.217 e. The quantitative estimate of drug-likeness (QED) is 0.534. The highest BCUT2D eigenvalue weighted by atomic mass is 32.1. The number of hydrogen-bond acceptors (Lipinski definition) is 3. The number of nitrogens with zero attached hydrogens (tertiary/aromatic N) is 3. The van der Waals surface area contributed by atoms with E-state index in [0.29, 0.717) is 23.0 Å². The minimum absolute atomic E-state index is 0.486. The van der Waals surface area contributed by atoms with Crippen molar-refractivity contribution in [3.05, 3.63) is 48.0 Å². The lowest BCUT2D eigenvalue weighted by molar-refractivity contribution is 0.284. The lowest BCUT2D eigenvalue weighted by Gasteiger charge is -2.13. The van der Waals surface area contributed by atoms with Crippen molar-refractivity contribution in [1.82, 2.24) is 15.1 Å². The lowest BCUT2D eigenvalue weighted by Crippen LogP contribution is -2.24. The number of nitrogens with one attached hydrogen (secondary N) is 1. The van der Waals surface area contributed by atoms with Crippen LogP contribution in [0.2, 0.25) is 0 Å². The van der Waals surface area contributed by atoms with Gasteiger partial charge in [-0.25, -0.2) is 9.67 Å². The summed E-state index contributed by atoms with van der Waals surface area (Å²) in [5.74, 6) is 0.666. The number of hydrogen-bond donors (Lipinski definition) is 1. The molecule has 2 rings (SSSR count). The van der Waals surface area contributed by atoms with Crippen LogP contribution in [0.15, 0.2) is 47.6 Å². The molecule has 6 heteroatoms. The highest BCUT2D eigenvalue weighted by Crippen LogP contribution is 2.14. The topological polar surface area (TPSA) is 51.4 Å². The Balaban J connectivity index is 2.19. The van der Waals surface area contributed by atoms with Crippen LogP contribution in [0.5, 0.6) is 5.88 Å². The molecule has 0 unspecified atom stereocenters. The molecule has 1 aromatic carbocycles. The molecule has 1 N–H and O–H groups in total. The molecule has 0 amide bonds. The first-order valence-corrected chi connectivity index (χ1v) is 9.75. The molecule has 1 aromatic heterocycles. The molecule has 0 saturated heterocycles. The van der Waals surface area contributed by atoms with Crippen molar-refractivity contribution in [2.45, 2.75) is 46.0 Å². The van der Waals surface area contributed by atoms with Gasteiger partial charge in [0.1, 0.15) is 0 Å². The summed E-state index contributed by atoms with van der Waals surface area (Å²) in [4.78, 5) is 4.44. The van der Waals surface area contributed by atoms with Crippen molar-refractivity contribution < 1.29 is 4.74 Å². The molecular formula is C20H28N4OS. The molecule has 0 spiro atoms. The second-order valence-electron chi connectivity index (χ2n) is 6.05. The molecule has 140 valence electrons. The van der Waals surface area contributed by atoms with Crippen molar-refractivity contribution in [3.8, 4) is 11.6 Å². The molecule has 26 heavy (non-hydrogen) atoms. The number of rotatable bonds is 9. The third kappa shape index (κ3) is 6.59. The summed E-state index contributed by atoms with van der Waals surface area (Å²) in [5.41, 5.74) is 0.950. The molecular weight excluding hydrogens is 344 g/mol. The van der Waals surface area contributed by atoms with Gasteiger partial charge in [0.15, 0.2) is 5.11 Å². The summed E-state index contributed by atoms with van der Waals surface area (Å²) in [6.45, 7) is 5.82. The maximum Gasteiger partial charge on any atom is 0.217 e. The molecule has 0 bridgehead atoms. The first-order chi connectivity index (χ1) is 12.7. The fraction of sp³-hybridized carbons (Fsp3) is 0.450. The fourth-order valence-electron chi connectivity index (χ4n) is 2.37. The van der Waals surface area contributed by atoms with Gasteiger partial charge in [-0.1, -0.05) is 51.3 Å². The fourth-order valence-corrected chi connectivity index (χ4v) is 2.58. The van der Waals surface area contributed by atoms with Crippen LogP contribution in [0, 0.1) is 0 Å². The van der Waals surface area contributed by atoms with Crippen molar-refractivity contribution in [1.29, 1.82) is 0 Å². The van der Waals surface area contributed by atoms with Gasteiger partial charge in [-0.05, 0) is 37.2 Å². The van der Waals surface area contributed by atoms with E-state index in [0.717, 1.165) is 31.5 Å². The van der Waals surface area contributed by atoms with Crippen molar-refractivity contribution in [2.75, 3.05) is 13.2 Å². The Hall–Kier alpha value is -2.21. The highest BCUT2D eigenvalue weighted by molar-refractivity contribution is 7.80. The largest absolute Gasteiger partial charge is 0.478 e. The van der Waals surface area contributed by atoms with Gasteiger partial charge in [0.05, 0.1) is 23.8 Å². The number of ether oxygens (including phenoxy) is 1. The number of unbranched alkanes of at least 4 members (excludes halogenated alkanes) is 3. The van der Waals surface area contributed by atoms with Gasteiger partial charge in [0.2, 0.25) is 5.88 Å². The molecule has 5 nitrogen and oxygen atoms in total. The summed E-state index contributed by atoms with van der Waals surface area (Å²) in [6, 6.07) is 11.8. The number of aromatic nitrogens is 2. The molecule has 0 radical (unpaired) electrons. The Morgan fingerprint density at radius 3 is 2.65 bits per heavy atom. The predicted molar refractivity (Wildman–Crippen MR) is 110 cm³/mol. The van der Waals surface area contributed by atoms with Crippen molar-refractivity contribution in [3.63, 3.8) is 0 Å². The van der Waals surface area contributed by atoms with E-state index in [-0.39, 0.29) is 0 Å². The highest BCUT2D eigenvalue weighted by Gasteiger charge is 2.05. The zero-order valence-electron chi connectivity index (χ0n) is 15.6. The monoisotopic (exact) mass is 372 g/mol. The molecule has 0 atom stereocenters. The van der Waals surface area contributed by atoms with Crippen LogP contribution in [0.1, 0.15) is 46.0 Å². The molecule has 0 saturated carbocycles. The third-order valence-electron chi connectivity index (χ3n) is 3.82. The van der Waals surface area contributed by atoms with E-state index in [1.54, 1.807) is 10.9 Å². The maximum absolute atomic E-state index is 5.94. The van der Waals surface area contributed by atoms with Gasteiger partial charge in [0, 0.05) is 12.6 Å². The standard InChI is InChI=1S/C20H28N4OS/c1-3-5-10-13-21-20(26)23-17-15-19(25-14-6-4-2)24(22-16-17)18-11-8-7-9-12-18/h7-9,11-12,15-16H,3-6,10,13-14H2,1-2H3,(H,21,26). The van der Waals surface area contributed by atoms with Gasteiger partial charge < -0.3 is 10.1 Å². The molecule has 2 aromatic rings. The van der Waals surface area contributed by atoms with Gasteiger partial charge in [-0.15, -0.1) is 0 Å². The average Bonchev–Trinajstić information content (AvgIpc) is 2.66. The number of benzene rings is 1. The maximum atomic E-state index is 5.94.